The second-order valence-corrected chi connectivity index (χ2v) is 4.23. The number of rotatable bonds is 4. The van der Waals surface area contributed by atoms with Crippen LogP contribution in [-0.2, 0) is 13.6 Å². The molecule has 1 heterocycles. The number of nitrogens with one attached hydrogen (secondary N) is 1. The second kappa shape index (κ2) is 5.27. The third-order valence-electron chi connectivity index (χ3n) is 2.81. The van der Waals surface area contributed by atoms with Crippen molar-refractivity contribution in [1.29, 1.82) is 0 Å². The van der Waals surface area contributed by atoms with Gasteiger partial charge >= 0.3 is 0 Å². The summed E-state index contributed by atoms with van der Waals surface area (Å²) in [5, 5.41) is 7.32. The summed E-state index contributed by atoms with van der Waals surface area (Å²) in [6.07, 6.45) is 1.84. The summed E-state index contributed by atoms with van der Waals surface area (Å²) in [5.41, 5.74) is 1.19. The van der Waals surface area contributed by atoms with Gasteiger partial charge in [0.05, 0.1) is 5.69 Å². The van der Waals surface area contributed by atoms with Crippen LogP contribution in [0.5, 0.6) is 0 Å². The van der Waals surface area contributed by atoms with Gasteiger partial charge in [-0.25, -0.2) is 8.78 Å². The Morgan fingerprint density at radius 2 is 2.11 bits per heavy atom. The van der Waals surface area contributed by atoms with Crippen molar-refractivity contribution < 1.29 is 8.78 Å². The number of aromatic nitrogens is 2. The van der Waals surface area contributed by atoms with Crippen molar-refractivity contribution in [3.05, 3.63) is 53.4 Å². The molecule has 1 N–H and O–H groups in total. The minimum Gasteiger partial charge on any atom is -0.304 e. The minimum atomic E-state index is -0.820. The maximum Gasteiger partial charge on any atom is 0.163 e. The zero-order valence-corrected chi connectivity index (χ0v) is 10.3. The molecule has 2 rings (SSSR count). The van der Waals surface area contributed by atoms with Gasteiger partial charge in [-0.05, 0) is 19.1 Å². The number of halogens is 2. The van der Waals surface area contributed by atoms with Gasteiger partial charge in [0.1, 0.15) is 0 Å². The summed E-state index contributed by atoms with van der Waals surface area (Å²) >= 11 is 0. The lowest BCUT2D eigenvalue weighted by Gasteiger charge is -2.14. The summed E-state index contributed by atoms with van der Waals surface area (Å²) < 4.78 is 28.3. The Morgan fingerprint density at radius 3 is 2.78 bits per heavy atom. The van der Waals surface area contributed by atoms with Crippen LogP contribution in [0.1, 0.15) is 24.2 Å². The number of hydrogen-bond acceptors (Lipinski definition) is 2. The molecule has 0 saturated carbocycles. The first-order valence-corrected chi connectivity index (χ1v) is 5.73. The molecule has 2 aromatic rings. The molecule has 0 aliphatic carbocycles. The van der Waals surface area contributed by atoms with Crippen molar-refractivity contribution >= 4 is 0 Å². The van der Waals surface area contributed by atoms with E-state index in [4.69, 9.17) is 0 Å². The number of aryl methyl sites for hydroxylation is 1. The standard InChI is InChI=1S/C13H15F2N3/c1-9(11-4-3-5-12(14)13(11)15)16-8-10-6-7-18(2)17-10/h3-7,9,16H,8H2,1-2H3. The van der Waals surface area contributed by atoms with Gasteiger partial charge in [-0.2, -0.15) is 5.10 Å². The molecule has 1 atom stereocenters. The summed E-state index contributed by atoms with van der Waals surface area (Å²) in [6.45, 7) is 2.30. The first-order chi connectivity index (χ1) is 8.58. The Balaban J connectivity index is 2.03. The molecule has 0 aliphatic heterocycles. The van der Waals surface area contributed by atoms with E-state index in [2.05, 4.69) is 10.4 Å². The van der Waals surface area contributed by atoms with Gasteiger partial charge in [0.15, 0.2) is 11.6 Å². The first-order valence-electron chi connectivity index (χ1n) is 5.73. The molecular formula is C13H15F2N3. The molecule has 0 spiro atoms. The molecule has 0 radical (unpaired) electrons. The van der Waals surface area contributed by atoms with Crippen molar-refractivity contribution in [1.82, 2.24) is 15.1 Å². The molecule has 1 aromatic heterocycles. The summed E-state index contributed by atoms with van der Waals surface area (Å²) in [5.74, 6) is -1.61. The minimum absolute atomic E-state index is 0.275. The smallest absolute Gasteiger partial charge is 0.163 e. The fourth-order valence-electron chi connectivity index (χ4n) is 1.78. The van der Waals surface area contributed by atoms with Crippen molar-refractivity contribution in [3.8, 4) is 0 Å². The van der Waals surface area contributed by atoms with E-state index in [1.165, 1.54) is 6.07 Å². The van der Waals surface area contributed by atoms with Gasteiger partial charge in [0.2, 0.25) is 0 Å². The molecule has 5 heteroatoms. The van der Waals surface area contributed by atoms with E-state index in [1.807, 2.05) is 19.3 Å². The number of benzene rings is 1. The highest BCUT2D eigenvalue weighted by molar-refractivity contribution is 5.22. The molecule has 1 aromatic carbocycles. The first kappa shape index (κ1) is 12.7. The van der Waals surface area contributed by atoms with Gasteiger partial charge in [0.25, 0.3) is 0 Å². The molecule has 0 saturated heterocycles. The highest BCUT2D eigenvalue weighted by Crippen LogP contribution is 2.19. The Kier molecular flexibility index (Phi) is 3.72. The van der Waals surface area contributed by atoms with Crippen LogP contribution in [0.2, 0.25) is 0 Å². The molecule has 1 unspecified atom stereocenters. The fourth-order valence-corrected chi connectivity index (χ4v) is 1.78. The highest BCUT2D eigenvalue weighted by Gasteiger charge is 2.13. The monoisotopic (exact) mass is 251 g/mol. The zero-order valence-electron chi connectivity index (χ0n) is 10.3. The quantitative estimate of drug-likeness (QED) is 0.905. The van der Waals surface area contributed by atoms with Gasteiger partial charge in [-0.1, -0.05) is 12.1 Å². The third kappa shape index (κ3) is 2.73. The van der Waals surface area contributed by atoms with E-state index in [1.54, 1.807) is 17.7 Å². The molecule has 96 valence electrons. The lowest BCUT2D eigenvalue weighted by atomic mass is 10.1. The molecule has 0 bridgehead atoms. The molecule has 0 amide bonds. The topological polar surface area (TPSA) is 29.9 Å². The molecule has 3 nitrogen and oxygen atoms in total. The van der Waals surface area contributed by atoms with Crippen LogP contribution >= 0.6 is 0 Å². The normalized spacial score (nSPS) is 12.7. The van der Waals surface area contributed by atoms with Crippen molar-refractivity contribution in [3.63, 3.8) is 0 Å². The second-order valence-electron chi connectivity index (χ2n) is 4.23. The Bertz CT molecular complexity index is 537. The predicted octanol–water partition coefficient (Wildman–Crippen LogP) is 2.55. The molecule has 18 heavy (non-hydrogen) atoms. The average molecular weight is 251 g/mol. The Hall–Kier alpha value is -1.75. The van der Waals surface area contributed by atoms with Crippen molar-refractivity contribution in [2.24, 2.45) is 7.05 Å². The predicted molar refractivity (Wildman–Crippen MR) is 64.8 cm³/mol. The lowest BCUT2D eigenvalue weighted by molar-refractivity contribution is 0.471. The SMILES string of the molecule is CC(NCc1ccn(C)n1)c1cccc(F)c1F. The van der Waals surface area contributed by atoms with Crippen molar-refractivity contribution in [2.75, 3.05) is 0 Å². The van der Waals surface area contributed by atoms with Crippen LogP contribution in [0.25, 0.3) is 0 Å². The van der Waals surface area contributed by atoms with E-state index in [9.17, 15) is 8.78 Å². The summed E-state index contributed by atoms with van der Waals surface area (Å²) in [4.78, 5) is 0. The third-order valence-corrected chi connectivity index (χ3v) is 2.81. The van der Waals surface area contributed by atoms with E-state index >= 15 is 0 Å². The molecule has 0 aliphatic rings. The maximum atomic E-state index is 13.5. The van der Waals surface area contributed by atoms with Gasteiger partial charge in [-0.3, -0.25) is 4.68 Å². The van der Waals surface area contributed by atoms with E-state index in [0.717, 1.165) is 11.8 Å². The van der Waals surface area contributed by atoms with Gasteiger partial charge < -0.3 is 5.32 Å². The van der Waals surface area contributed by atoms with Crippen LogP contribution in [0.3, 0.4) is 0 Å². The van der Waals surface area contributed by atoms with E-state index in [0.29, 0.717) is 12.1 Å². The molecule has 0 fully saturated rings. The number of nitrogens with zero attached hydrogens (tertiary/aromatic N) is 2. The Labute approximate surface area is 104 Å². The summed E-state index contributed by atoms with van der Waals surface area (Å²) in [7, 11) is 1.83. The van der Waals surface area contributed by atoms with Crippen molar-refractivity contribution in [2.45, 2.75) is 19.5 Å². The molecular weight excluding hydrogens is 236 g/mol. The van der Waals surface area contributed by atoms with E-state index in [-0.39, 0.29) is 6.04 Å². The number of hydrogen-bond donors (Lipinski definition) is 1. The lowest BCUT2D eigenvalue weighted by Crippen LogP contribution is -2.20. The largest absolute Gasteiger partial charge is 0.304 e. The van der Waals surface area contributed by atoms with Gasteiger partial charge in [0, 0.05) is 31.4 Å². The zero-order chi connectivity index (χ0) is 13.1. The van der Waals surface area contributed by atoms with E-state index < -0.39 is 11.6 Å². The highest BCUT2D eigenvalue weighted by atomic mass is 19.2. The maximum absolute atomic E-state index is 13.5. The summed E-state index contributed by atoms with van der Waals surface area (Å²) in [6, 6.07) is 5.80. The van der Waals surface area contributed by atoms with Crippen LogP contribution in [-0.4, -0.2) is 9.78 Å². The fraction of sp³-hybridized carbons (Fsp3) is 0.308. The van der Waals surface area contributed by atoms with Gasteiger partial charge in [-0.15, -0.1) is 0 Å². The Morgan fingerprint density at radius 1 is 1.33 bits per heavy atom. The van der Waals surface area contributed by atoms with Crippen LogP contribution < -0.4 is 5.32 Å². The van der Waals surface area contributed by atoms with Crippen LogP contribution in [0.15, 0.2) is 30.5 Å². The van der Waals surface area contributed by atoms with Crippen LogP contribution in [0, 0.1) is 11.6 Å². The van der Waals surface area contributed by atoms with Crippen LogP contribution in [0.4, 0.5) is 8.78 Å². The average Bonchev–Trinajstić information content (AvgIpc) is 2.76.